The molecule has 4 nitrogen and oxygen atoms in total. The molecular weight excluding hydrogens is 309 g/mol. The number of alkyl halides is 3. The van der Waals surface area contributed by atoms with Crippen LogP contribution in [0.4, 0.5) is 23.7 Å². The predicted octanol–water partition coefficient (Wildman–Crippen LogP) is 4.27. The Morgan fingerprint density at radius 1 is 1.29 bits per heavy atom. The zero-order chi connectivity index (χ0) is 15.5. The highest BCUT2D eigenvalue weighted by Crippen LogP contribution is 2.33. The van der Waals surface area contributed by atoms with Gasteiger partial charge in [-0.3, -0.25) is 0 Å². The molecule has 0 aliphatic heterocycles. The summed E-state index contributed by atoms with van der Waals surface area (Å²) < 4.78 is 42.8. The Labute approximate surface area is 122 Å². The van der Waals surface area contributed by atoms with Crippen molar-refractivity contribution in [2.75, 3.05) is 5.32 Å². The average molecular weight is 319 g/mol. The number of rotatable bonds is 3. The highest BCUT2D eigenvalue weighted by molar-refractivity contribution is 6.33. The molecule has 0 saturated carbocycles. The first-order valence-corrected chi connectivity index (χ1v) is 6.18. The van der Waals surface area contributed by atoms with E-state index >= 15 is 0 Å². The number of furan rings is 1. The molecule has 0 saturated heterocycles. The number of halogens is 4. The molecule has 0 atom stereocenters. The van der Waals surface area contributed by atoms with E-state index in [4.69, 9.17) is 16.0 Å². The number of urea groups is 1. The second-order valence-corrected chi connectivity index (χ2v) is 4.49. The molecule has 0 aliphatic rings. The van der Waals surface area contributed by atoms with Gasteiger partial charge in [0.25, 0.3) is 0 Å². The first-order chi connectivity index (χ1) is 9.86. The molecule has 0 bridgehead atoms. The van der Waals surface area contributed by atoms with Crippen molar-refractivity contribution in [1.29, 1.82) is 0 Å². The summed E-state index contributed by atoms with van der Waals surface area (Å²) in [6.45, 7) is 0.107. The van der Waals surface area contributed by atoms with Gasteiger partial charge >= 0.3 is 12.2 Å². The molecule has 0 radical (unpaired) electrons. The van der Waals surface area contributed by atoms with E-state index in [0.717, 1.165) is 18.2 Å². The predicted molar refractivity (Wildman–Crippen MR) is 71.0 cm³/mol. The zero-order valence-electron chi connectivity index (χ0n) is 10.5. The minimum Gasteiger partial charge on any atom is -0.467 e. The van der Waals surface area contributed by atoms with Gasteiger partial charge in [-0.05, 0) is 30.3 Å². The number of nitrogens with one attached hydrogen (secondary N) is 2. The van der Waals surface area contributed by atoms with Crippen LogP contribution in [-0.4, -0.2) is 6.03 Å². The third kappa shape index (κ3) is 4.16. The Kier molecular flexibility index (Phi) is 4.42. The van der Waals surface area contributed by atoms with E-state index in [1.807, 2.05) is 0 Å². The van der Waals surface area contributed by atoms with Gasteiger partial charge in [-0.2, -0.15) is 13.2 Å². The van der Waals surface area contributed by atoms with Crippen molar-refractivity contribution in [3.63, 3.8) is 0 Å². The zero-order valence-corrected chi connectivity index (χ0v) is 11.3. The molecule has 2 rings (SSSR count). The average Bonchev–Trinajstić information content (AvgIpc) is 2.91. The van der Waals surface area contributed by atoms with Crippen LogP contribution >= 0.6 is 11.6 Å². The lowest BCUT2D eigenvalue weighted by Gasteiger charge is -2.12. The van der Waals surface area contributed by atoms with Gasteiger partial charge in [0.2, 0.25) is 0 Å². The molecule has 112 valence electrons. The number of benzene rings is 1. The van der Waals surface area contributed by atoms with E-state index in [-0.39, 0.29) is 17.3 Å². The molecule has 8 heteroatoms. The maximum absolute atomic E-state index is 12.6. The lowest BCUT2D eigenvalue weighted by molar-refractivity contribution is -0.137. The van der Waals surface area contributed by atoms with E-state index in [9.17, 15) is 18.0 Å². The second-order valence-electron chi connectivity index (χ2n) is 4.08. The number of amides is 2. The monoisotopic (exact) mass is 318 g/mol. The van der Waals surface area contributed by atoms with Crippen LogP contribution < -0.4 is 10.6 Å². The smallest absolute Gasteiger partial charge is 0.416 e. The van der Waals surface area contributed by atoms with Gasteiger partial charge in [0.1, 0.15) is 5.76 Å². The molecule has 0 fully saturated rings. The first-order valence-electron chi connectivity index (χ1n) is 5.80. The quantitative estimate of drug-likeness (QED) is 0.887. The van der Waals surface area contributed by atoms with Gasteiger partial charge < -0.3 is 15.1 Å². The van der Waals surface area contributed by atoms with Crippen LogP contribution in [0.25, 0.3) is 0 Å². The molecular formula is C13H10ClF3N2O2. The molecule has 0 spiro atoms. The fourth-order valence-corrected chi connectivity index (χ4v) is 1.71. The van der Waals surface area contributed by atoms with Gasteiger partial charge in [0, 0.05) is 0 Å². The Balaban J connectivity index is 2.03. The Hall–Kier alpha value is -2.15. The van der Waals surface area contributed by atoms with Gasteiger partial charge in [0.15, 0.2) is 0 Å². The standard InChI is InChI=1S/C13H10ClF3N2O2/c14-10-4-3-8(13(15,16)17)6-11(10)19-12(20)18-7-9-2-1-5-21-9/h1-6H,7H2,(H2,18,19,20). The molecule has 2 N–H and O–H groups in total. The fourth-order valence-electron chi connectivity index (χ4n) is 1.54. The summed E-state index contributed by atoms with van der Waals surface area (Å²) in [6.07, 6.45) is -3.07. The normalized spacial score (nSPS) is 11.2. The largest absolute Gasteiger partial charge is 0.467 e. The summed E-state index contributed by atoms with van der Waals surface area (Å²) in [6, 6.07) is 5.30. The van der Waals surface area contributed by atoms with Crippen LogP contribution in [0.15, 0.2) is 41.0 Å². The van der Waals surface area contributed by atoms with Crippen molar-refractivity contribution in [1.82, 2.24) is 5.32 Å². The first kappa shape index (κ1) is 15.2. The van der Waals surface area contributed by atoms with Crippen molar-refractivity contribution in [2.24, 2.45) is 0 Å². The van der Waals surface area contributed by atoms with E-state index in [0.29, 0.717) is 5.76 Å². The topological polar surface area (TPSA) is 54.3 Å². The Morgan fingerprint density at radius 3 is 2.67 bits per heavy atom. The molecule has 21 heavy (non-hydrogen) atoms. The molecule has 1 heterocycles. The Morgan fingerprint density at radius 2 is 2.05 bits per heavy atom. The van der Waals surface area contributed by atoms with E-state index < -0.39 is 17.8 Å². The van der Waals surface area contributed by atoms with Crippen molar-refractivity contribution in [3.8, 4) is 0 Å². The fraction of sp³-hybridized carbons (Fsp3) is 0.154. The minimum atomic E-state index is -4.51. The molecule has 0 aliphatic carbocycles. The maximum Gasteiger partial charge on any atom is 0.416 e. The van der Waals surface area contributed by atoms with Crippen LogP contribution in [0, 0.1) is 0 Å². The van der Waals surface area contributed by atoms with Crippen LogP contribution in [0.2, 0.25) is 5.02 Å². The van der Waals surface area contributed by atoms with Crippen LogP contribution in [0.3, 0.4) is 0 Å². The van der Waals surface area contributed by atoms with E-state index in [1.165, 1.54) is 6.26 Å². The number of hydrogen-bond acceptors (Lipinski definition) is 2. The second kappa shape index (κ2) is 6.09. The van der Waals surface area contributed by atoms with Gasteiger partial charge in [-0.15, -0.1) is 0 Å². The minimum absolute atomic E-state index is 0.0103. The van der Waals surface area contributed by atoms with E-state index in [1.54, 1.807) is 12.1 Å². The van der Waals surface area contributed by atoms with Crippen molar-refractivity contribution < 1.29 is 22.4 Å². The summed E-state index contributed by atoms with van der Waals surface area (Å²) in [4.78, 5) is 11.6. The molecule has 2 amide bonds. The lowest BCUT2D eigenvalue weighted by atomic mass is 10.2. The van der Waals surface area contributed by atoms with E-state index in [2.05, 4.69) is 10.6 Å². The van der Waals surface area contributed by atoms with Gasteiger partial charge in [-0.25, -0.2) is 4.79 Å². The summed E-state index contributed by atoms with van der Waals surface area (Å²) >= 11 is 5.76. The third-order valence-electron chi connectivity index (χ3n) is 2.55. The summed E-state index contributed by atoms with van der Waals surface area (Å²) in [5, 5.41) is 4.71. The summed E-state index contributed by atoms with van der Waals surface area (Å²) in [5.41, 5.74) is -1.02. The van der Waals surface area contributed by atoms with Gasteiger partial charge in [-0.1, -0.05) is 11.6 Å². The number of hydrogen-bond donors (Lipinski definition) is 2. The van der Waals surface area contributed by atoms with Crippen molar-refractivity contribution in [3.05, 3.63) is 52.9 Å². The highest BCUT2D eigenvalue weighted by atomic mass is 35.5. The van der Waals surface area contributed by atoms with Crippen LogP contribution in [-0.2, 0) is 12.7 Å². The molecule has 1 aromatic heterocycles. The molecule has 1 aromatic carbocycles. The Bertz CT molecular complexity index is 627. The number of carbonyl (C=O) groups excluding carboxylic acids is 1. The summed E-state index contributed by atoms with van der Waals surface area (Å²) in [5.74, 6) is 0.514. The maximum atomic E-state index is 12.6. The molecule has 0 unspecified atom stereocenters. The van der Waals surface area contributed by atoms with Crippen molar-refractivity contribution in [2.45, 2.75) is 12.7 Å². The molecule has 2 aromatic rings. The number of carbonyl (C=O) groups is 1. The highest BCUT2D eigenvalue weighted by Gasteiger charge is 2.31. The number of anilines is 1. The van der Waals surface area contributed by atoms with Crippen molar-refractivity contribution >= 4 is 23.3 Å². The van der Waals surface area contributed by atoms with Gasteiger partial charge in [0.05, 0.1) is 29.1 Å². The lowest BCUT2D eigenvalue weighted by Crippen LogP contribution is -2.28. The van der Waals surface area contributed by atoms with Crippen LogP contribution in [0.1, 0.15) is 11.3 Å². The third-order valence-corrected chi connectivity index (χ3v) is 2.87. The van der Waals surface area contributed by atoms with Crippen LogP contribution in [0.5, 0.6) is 0 Å². The SMILES string of the molecule is O=C(NCc1ccco1)Nc1cc(C(F)(F)F)ccc1Cl. The summed E-state index contributed by atoms with van der Waals surface area (Å²) in [7, 11) is 0.